The van der Waals surface area contributed by atoms with Crippen LogP contribution in [0.3, 0.4) is 0 Å². The number of ether oxygens (including phenoxy) is 1. The molecule has 1 saturated heterocycles. The minimum Gasteiger partial charge on any atom is -0.494 e. The van der Waals surface area contributed by atoms with E-state index in [1.54, 1.807) is 0 Å². The minimum absolute atomic E-state index is 0.141. The van der Waals surface area contributed by atoms with Crippen LogP contribution in [-0.2, 0) is 11.8 Å². The van der Waals surface area contributed by atoms with Crippen molar-refractivity contribution in [2.45, 2.75) is 51.9 Å². The van der Waals surface area contributed by atoms with E-state index in [1.807, 2.05) is 6.07 Å². The van der Waals surface area contributed by atoms with Gasteiger partial charge >= 0.3 is 0 Å². The van der Waals surface area contributed by atoms with Gasteiger partial charge in [0.25, 0.3) is 6.01 Å². The molecule has 5 heteroatoms. The molecule has 1 aliphatic heterocycles. The van der Waals surface area contributed by atoms with E-state index in [9.17, 15) is 0 Å². The molecule has 0 aliphatic carbocycles. The molecule has 0 bridgehead atoms. The molecule has 0 radical (unpaired) electrons. The Morgan fingerprint density at radius 1 is 1.16 bits per heavy atom. The summed E-state index contributed by atoms with van der Waals surface area (Å²) >= 11 is 0. The lowest BCUT2D eigenvalue weighted by molar-refractivity contribution is 0.306. The highest BCUT2D eigenvalue weighted by molar-refractivity contribution is 5.75. The second-order valence-electron chi connectivity index (χ2n) is 9.64. The fourth-order valence-corrected chi connectivity index (χ4v) is 3.99. The van der Waals surface area contributed by atoms with Gasteiger partial charge < -0.3 is 19.8 Å². The largest absolute Gasteiger partial charge is 0.494 e. The van der Waals surface area contributed by atoms with Crippen molar-refractivity contribution in [3.63, 3.8) is 0 Å². The molecule has 0 unspecified atom stereocenters. The van der Waals surface area contributed by atoms with E-state index >= 15 is 0 Å². The molecule has 31 heavy (non-hydrogen) atoms. The first-order chi connectivity index (χ1) is 15.0. The molecule has 5 nitrogen and oxygen atoms in total. The standard InChI is InChI=1S/C26H35N3O2/c1-26(2,3)21-8-6-9-22(16-21)30-14-5-4-7-19-10-11-23-24(15-19)31-25(29-23)28-18-20-12-13-27-17-20/h6,8-11,15-16,20,27H,4-5,7,12-14,17-18H2,1-3H3,(H,28,29)/t20-/m1/s1. The van der Waals surface area contributed by atoms with Crippen molar-refractivity contribution in [2.24, 2.45) is 5.92 Å². The van der Waals surface area contributed by atoms with Crippen LogP contribution in [0.15, 0.2) is 46.9 Å². The summed E-state index contributed by atoms with van der Waals surface area (Å²) in [6.45, 7) is 10.5. The Morgan fingerprint density at radius 3 is 2.87 bits per heavy atom. The molecule has 2 heterocycles. The number of nitrogens with zero attached hydrogens (tertiary/aromatic N) is 1. The number of fused-ring (bicyclic) bond motifs is 1. The first-order valence-corrected chi connectivity index (χ1v) is 11.5. The number of anilines is 1. The van der Waals surface area contributed by atoms with E-state index < -0.39 is 0 Å². The molecule has 1 aliphatic rings. The molecule has 1 aromatic heterocycles. The van der Waals surface area contributed by atoms with Crippen LogP contribution in [-0.4, -0.2) is 31.2 Å². The highest BCUT2D eigenvalue weighted by atomic mass is 16.5. The van der Waals surface area contributed by atoms with Gasteiger partial charge in [0.05, 0.1) is 6.61 Å². The fraction of sp³-hybridized carbons (Fsp3) is 0.500. The lowest BCUT2D eigenvalue weighted by atomic mass is 9.87. The van der Waals surface area contributed by atoms with Crippen LogP contribution < -0.4 is 15.4 Å². The molecule has 3 aromatic rings. The van der Waals surface area contributed by atoms with E-state index in [2.05, 4.69) is 72.8 Å². The molecule has 166 valence electrons. The van der Waals surface area contributed by atoms with Gasteiger partial charge in [0.2, 0.25) is 0 Å². The van der Waals surface area contributed by atoms with Gasteiger partial charge in [0, 0.05) is 6.54 Å². The first-order valence-electron chi connectivity index (χ1n) is 11.5. The Bertz CT molecular complexity index is 984. The van der Waals surface area contributed by atoms with Crippen LogP contribution in [0.5, 0.6) is 5.75 Å². The third-order valence-corrected chi connectivity index (χ3v) is 5.99. The number of benzene rings is 2. The molecule has 0 saturated carbocycles. The van der Waals surface area contributed by atoms with Gasteiger partial charge in [0.15, 0.2) is 5.58 Å². The molecule has 0 spiro atoms. The zero-order valence-electron chi connectivity index (χ0n) is 19.0. The summed E-state index contributed by atoms with van der Waals surface area (Å²) in [7, 11) is 0. The van der Waals surface area contributed by atoms with Crippen LogP contribution in [0, 0.1) is 5.92 Å². The topological polar surface area (TPSA) is 59.3 Å². The maximum atomic E-state index is 5.98. The zero-order valence-corrected chi connectivity index (χ0v) is 19.0. The summed E-state index contributed by atoms with van der Waals surface area (Å²) in [4.78, 5) is 4.56. The molecule has 0 amide bonds. The van der Waals surface area contributed by atoms with E-state index in [4.69, 9.17) is 9.15 Å². The lowest BCUT2D eigenvalue weighted by Crippen LogP contribution is -2.17. The van der Waals surface area contributed by atoms with Gasteiger partial charge in [-0.15, -0.1) is 0 Å². The van der Waals surface area contributed by atoms with Crippen molar-refractivity contribution in [3.8, 4) is 5.75 Å². The normalized spacial score (nSPS) is 16.7. The highest BCUT2D eigenvalue weighted by Crippen LogP contribution is 2.26. The Morgan fingerprint density at radius 2 is 2.06 bits per heavy atom. The van der Waals surface area contributed by atoms with E-state index in [1.165, 1.54) is 17.5 Å². The van der Waals surface area contributed by atoms with Crippen molar-refractivity contribution in [1.29, 1.82) is 0 Å². The van der Waals surface area contributed by atoms with Crippen LogP contribution >= 0.6 is 0 Å². The van der Waals surface area contributed by atoms with E-state index in [0.29, 0.717) is 11.9 Å². The average molecular weight is 422 g/mol. The van der Waals surface area contributed by atoms with Crippen molar-refractivity contribution >= 4 is 17.1 Å². The third-order valence-electron chi connectivity index (χ3n) is 5.99. The summed E-state index contributed by atoms with van der Waals surface area (Å²) < 4.78 is 11.9. The molecule has 1 fully saturated rings. The molecular formula is C26H35N3O2. The minimum atomic E-state index is 0.141. The Balaban J connectivity index is 1.23. The molecular weight excluding hydrogens is 386 g/mol. The third kappa shape index (κ3) is 6.01. The van der Waals surface area contributed by atoms with Gasteiger partial charge in [-0.3, -0.25) is 0 Å². The van der Waals surface area contributed by atoms with Crippen LogP contribution in [0.1, 0.15) is 51.2 Å². The SMILES string of the molecule is CC(C)(C)c1cccc(OCCCCc2ccc3nc(NC[C@@H]4CCNC4)oc3c2)c1. The summed E-state index contributed by atoms with van der Waals surface area (Å²) in [5.74, 6) is 1.62. The molecule has 2 N–H and O–H groups in total. The van der Waals surface area contributed by atoms with Gasteiger partial charge in [0.1, 0.15) is 11.3 Å². The van der Waals surface area contributed by atoms with E-state index in [-0.39, 0.29) is 5.41 Å². The van der Waals surface area contributed by atoms with Gasteiger partial charge in [-0.25, -0.2) is 0 Å². The number of aryl methyl sites for hydroxylation is 1. The second kappa shape index (κ2) is 9.73. The summed E-state index contributed by atoms with van der Waals surface area (Å²) in [6.07, 6.45) is 4.33. The Kier molecular flexibility index (Phi) is 6.81. The number of hydrogen-bond acceptors (Lipinski definition) is 5. The number of hydrogen-bond donors (Lipinski definition) is 2. The monoisotopic (exact) mass is 421 g/mol. The highest BCUT2D eigenvalue weighted by Gasteiger charge is 2.16. The predicted octanol–water partition coefficient (Wildman–Crippen LogP) is 5.55. The second-order valence-corrected chi connectivity index (χ2v) is 9.64. The number of aromatic nitrogens is 1. The quantitative estimate of drug-likeness (QED) is 0.444. The fourth-order valence-electron chi connectivity index (χ4n) is 3.99. The lowest BCUT2D eigenvalue weighted by Gasteiger charge is -2.19. The zero-order chi connectivity index (χ0) is 21.7. The molecule has 2 aromatic carbocycles. The van der Waals surface area contributed by atoms with Crippen molar-refractivity contribution < 1.29 is 9.15 Å². The van der Waals surface area contributed by atoms with Crippen LogP contribution in [0.25, 0.3) is 11.1 Å². The first kappa shape index (κ1) is 21.7. The number of rotatable bonds is 9. The van der Waals surface area contributed by atoms with Gasteiger partial charge in [-0.1, -0.05) is 39.0 Å². The summed E-state index contributed by atoms with van der Waals surface area (Å²) in [6, 6.07) is 15.4. The number of oxazole rings is 1. The Labute approximate surface area is 185 Å². The molecule has 1 atom stereocenters. The van der Waals surface area contributed by atoms with Crippen LogP contribution in [0.2, 0.25) is 0 Å². The smallest absolute Gasteiger partial charge is 0.295 e. The van der Waals surface area contributed by atoms with Gasteiger partial charge in [-0.2, -0.15) is 4.98 Å². The summed E-state index contributed by atoms with van der Waals surface area (Å²) in [5.41, 5.74) is 4.50. The maximum Gasteiger partial charge on any atom is 0.295 e. The number of nitrogens with one attached hydrogen (secondary N) is 2. The van der Waals surface area contributed by atoms with Crippen molar-refractivity contribution in [1.82, 2.24) is 10.3 Å². The van der Waals surface area contributed by atoms with Crippen molar-refractivity contribution in [2.75, 3.05) is 31.6 Å². The number of unbranched alkanes of at least 4 members (excludes halogenated alkanes) is 1. The van der Waals surface area contributed by atoms with Crippen LogP contribution in [0.4, 0.5) is 6.01 Å². The Hall–Kier alpha value is -2.53. The maximum absolute atomic E-state index is 5.98. The molecule has 4 rings (SSSR count). The van der Waals surface area contributed by atoms with Crippen molar-refractivity contribution in [3.05, 3.63) is 53.6 Å². The predicted molar refractivity (Wildman–Crippen MR) is 127 cm³/mol. The summed E-state index contributed by atoms with van der Waals surface area (Å²) in [5, 5.41) is 6.74. The van der Waals surface area contributed by atoms with E-state index in [0.717, 1.165) is 62.4 Å². The average Bonchev–Trinajstić information content (AvgIpc) is 3.40. The van der Waals surface area contributed by atoms with Gasteiger partial charge in [-0.05, 0) is 85.5 Å².